The van der Waals surface area contributed by atoms with E-state index in [1.165, 1.54) is 5.56 Å². The molecule has 0 radical (unpaired) electrons. The quantitative estimate of drug-likeness (QED) is 0.840. The average Bonchev–Trinajstić information content (AvgIpc) is 2.30. The summed E-state index contributed by atoms with van der Waals surface area (Å²) in [6, 6.07) is 4.11. The predicted octanol–water partition coefficient (Wildman–Crippen LogP) is 2.39. The van der Waals surface area contributed by atoms with Crippen molar-refractivity contribution in [2.45, 2.75) is 27.3 Å². The largest absolute Gasteiger partial charge is 0.507 e. The standard InChI is InChI=1S/C15H26N2O/c1-6-17(8-7-16(4)5)11-14-10-12(2)9-13(3)15(14)18/h9-10,18H,6-8,11H2,1-5H3. The third-order valence-corrected chi connectivity index (χ3v) is 3.23. The highest BCUT2D eigenvalue weighted by Crippen LogP contribution is 2.24. The van der Waals surface area contributed by atoms with Crippen molar-refractivity contribution < 1.29 is 5.11 Å². The maximum atomic E-state index is 10.1. The highest BCUT2D eigenvalue weighted by molar-refractivity contribution is 5.42. The van der Waals surface area contributed by atoms with Crippen LogP contribution >= 0.6 is 0 Å². The summed E-state index contributed by atoms with van der Waals surface area (Å²) in [6.07, 6.45) is 0. The molecule has 1 rings (SSSR count). The zero-order valence-corrected chi connectivity index (χ0v) is 12.3. The highest BCUT2D eigenvalue weighted by Gasteiger charge is 2.10. The van der Waals surface area contributed by atoms with Crippen LogP contribution in [0.2, 0.25) is 0 Å². The van der Waals surface area contributed by atoms with Gasteiger partial charge >= 0.3 is 0 Å². The first-order valence-electron chi connectivity index (χ1n) is 6.60. The molecule has 3 nitrogen and oxygen atoms in total. The molecule has 0 spiro atoms. The summed E-state index contributed by atoms with van der Waals surface area (Å²) in [5, 5.41) is 10.1. The first kappa shape index (κ1) is 15.0. The molecular weight excluding hydrogens is 224 g/mol. The van der Waals surface area contributed by atoms with Gasteiger partial charge in [0, 0.05) is 25.2 Å². The van der Waals surface area contributed by atoms with Gasteiger partial charge in [-0.1, -0.05) is 24.6 Å². The SMILES string of the molecule is CCN(CCN(C)C)Cc1cc(C)cc(C)c1O. The molecule has 102 valence electrons. The molecule has 18 heavy (non-hydrogen) atoms. The average molecular weight is 250 g/mol. The van der Waals surface area contributed by atoms with Crippen molar-refractivity contribution in [1.82, 2.24) is 9.80 Å². The van der Waals surface area contributed by atoms with Crippen LogP contribution in [0.25, 0.3) is 0 Å². The van der Waals surface area contributed by atoms with Crippen LogP contribution in [0, 0.1) is 13.8 Å². The van der Waals surface area contributed by atoms with Gasteiger partial charge in [0.1, 0.15) is 5.75 Å². The van der Waals surface area contributed by atoms with Crippen molar-refractivity contribution in [2.75, 3.05) is 33.7 Å². The summed E-state index contributed by atoms with van der Waals surface area (Å²) in [5.41, 5.74) is 3.21. The van der Waals surface area contributed by atoms with Crippen LogP contribution in [0.3, 0.4) is 0 Å². The lowest BCUT2D eigenvalue weighted by molar-refractivity contribution is 0.241. The monoisotopic (exact) mass is 250 g/mol. The summed E-state index contributed by atoms with van der Waals surface area (Å²) in [6.45, 7) is 10.1. The molecule has 0 aliphatic rings. The van der Waals surface area contributed by atoms with E-state index in [1.807, 2.05) is 13.0 Å². The molecule has 0 atom stereocenters. The first-order valence-corrected chi connectivity index (χ1v) is 6.60. The molecule has 1 N–H and O–H groups in total. The molecule has 0 saturated heterocycles. The van der Waals surface area contributed by atoms with Crippen LogP contribution in [0.4, 0.5) is 0 Å². The van der Waals surface area contributed by atoms with Crippen LogP contribution < -0.4 is 0 Å². The molecule has 0 unspecified atom stereocenters. The van der Waals surface area contributed by atoms with Crippen LogP contribution in [-0.4, -0.2) is 48.6 Å². The number of phenols is 1. The van der Waals surface area contributed by atoms with E-state index >= 15 is 0 Å². The normalized spacial score (nSPS) is 11.5. The van der Waals surface area contributed by atoms with Crippen LogP contribution in [0.5, 0.6) is 5.75 Å². The number of hydrogen-bond acceptors (Lipinski definition) is 3. The fourth-order valence-electron chi connectivity index (χ4n) is 2.10. The van der Waals surface area contributed by atoms with Gasteiger partial charge in [0.2, 0.25) is 0 Å². The van der Waals surface area contributed by atoms with Crippen LogP contribution in [-0.2, 0) is 6.54 Å². The number of hydrogen-bond donors (Lipinski definition) is 1. The van der Waals surface area contributed by atoms with Gasteiger partial charge in [-0.3, -0.25) is 4.90 Å². The van der Waals surface area contributed by atoms with Crippen molar-refractivity contribution in [3.63, 3.8) is 0 Å². The minimum Gasteiger partial charge on any atom is -0.507 e. The van der Waals surface area contributed by atoms with Crippen molar-refractivity contribution >= 4 is 0 Å². The molecular formula is C15H26N2O. The second-order valence-corrected chi connectivity index (χ2v) is 5.26. The van der Waals surface area contributed by atoms with E-state index in [0.717, 1.165) is 37.3 Å². The third-order valence-electron chi connectivity index (χ3n) is 3.23. The molecule has 3 heteroatoms. The van der Waals surface area contributed by atoms with Crippen molar-refractivity contribution in [1.29, 1.82) is 0 Å². The summed E-state index contributed by atoms with van der Waals surface area (Å²) < 4.78 is 0. The zero-order valence-electron chi connectivity index (χ0n) is 12.3. The van der Waals surface area contributed by atoms with Gasteiger partial charge in [-0.15, -0.1) is 0 Å². The van der Waals surface area contributed by atoms with Gasteiger partial charge < -0.3 is 10.0 Å². The van der Waals surface area contributed by atoms with E-state index in [9.17, 15) is 5.11 Å². The summed E-state index contributed by atoms with van der Waals surface area (Å²) in [7, 11) is 4.17. The highest BCUT2D eigenvalue weighted by atomic mass is 16.3. The Bertz CT molecular complexity index is 388. The third kappa shape index (κ3) is 4.31. The Morgan fingerprint density at radius 2 is 1.78 bits per heavy atom. The fraction of sp³-hybridized carbons (Fsp3) is 0.600. The number of phenolic OH excluding ortho intramolecular Hbond substituents is 1. The van der Waals surface area contributed by atoms with E-state index < -0.39 is 0 Å². The van der Waals surface area contributed by atoms with Crippen molar-refractivity contribution in [3.8, 4) is 5.75 Å². The van der Waals surface area contributed by atoms with Gasteiger partial charge in [0.25, 0.3) is 0 Å². The van der Waals surface area contributed by atoms with Gasteiger partial charge in [0.05, 0.1) is 0 Å². The Balaban J connectivity index is 2.75. The van der Waals surface area contributed by atoms with Crippen LogP contribution in [0.15, 0.2) is 12.1 Å². The summed E-state index contributed by atoms with van der Waals surface area (Å²) in [5.74, 6) is 0.448. The first-order chi connectivity index (χ1) is 8.43. The topological polar surface area (TPSA) is 26.7 Å². The van der Waals surface area contributed by atoms with E-state index in [4.69, 9.17) is 0 Å². The molecule has 0 aliphatic carbocycles. The van der Waals surface area contributed by atoms with E-state index in [-0.39, 0.29) is 0 Å². The summed E-state index contributed by atoms with van der Waals surface area (Å²) >= 11 is 0. The smallest absolute Gasteiger partial charge is 0.122 e. The molecule has 0 bridgehead atoms. The van der Waals surface area contributed by atoms with Gasteiger partial charge in [-0.2, -0.15) is 0 Å². The molecule has 0 heterocycles. The van der Waals surface area contributed by atoms with Gasteiger partial charge in [-0.25, -0.2) is 0 Å². The predicted molar refractivity (Wildman–Crippen MR) is 77.1 cm³/mol. The van der Waals surface area contributed by atoms with Gasteiger partial charge in [0.15, 0.2) is 0 Å². The lowest BCUT2D eigenvalue weighted by atomic mass is 10.1. The summed E-state index contributed by atoms with van der Waals surface area (Å²) in [4.78, 5) is 4.54. The molecule has 1 aromatic carbocycles. The number of aromatic hydroxyl groups is 1. The fourth-order valence-corrected chi connectivity index (χ4v) is 2.10. The molecule has 0 aromatic heterocycles. The van der Waals surface area contributed by atoms with E-state index in [2.05, 4.69) is 43.8 Å². The number of likely N-dealkylation sites (N-methyl/N-ethyl adjacent to an activating group) is 2. The minimum absolute atomic E-state index is 0.448. The molecule has 0 aliphatic heterocycles. The van der Waals surface area contributed by atoms with Crippen molar-refractivity contribution in [2.24, 2.45) is 0 Å². The Labute approximate surface area is 111 Å². The van der Waals surface area contributed by atoms with Crippen LogP contribution in [0.1, 0.15) is 23.6 Å². The second-order valence-electron chi connectivity index (χ2n) is 5.26. The van der Waals surface area contributed by atoms with Crippen molar-refractivity contribution in [3.05, 3.63) is 28.8 Å². The number of nitrogens with zero attached hydrogens (tertiary/aromatic N) is 2. The maximum absolute atomic E-state index is 10.1. The number of benzene rings is 1. The number of aryl methyl sites for hydroxylation is 2. The Hall–Kier alpha value is -1.06. The Kier molecular flexibility index (Phi) is 5.63. The Morgan fingerprint density at radius 3 is 2.33 bits per heavy atom. The zero-order chi connectivity index (χ0) is 13.7. The minimum atomic E-state index is 0.448. The second kappa shape index (κ2) is 6.76. The van der Waals surface area contributed by atoms with Gasteiger partial charge in [-0.05, 0) is 40.1 Å². The van der Waals surface area contributed by atoms with E-state index in [1.54, 1.807) is 0 Å². The van der Waals surface area contributed by atoms with E-state index in [0.29, 0.717) is 5.75 Å². The number of rotatable bonds is 6. The lowest BCUT2D eigenvalue weighted by Crippen LogP contribution is -2.31. The molecule has 0 fully saturated rings. The maximum Gasteiger partial charge on any atom is 0.122 e. The Morgan fingerprint density at radius 1 is 1.11 bits per heavy atom. The molecule has 1 aromatic rings. The molecule has 0 saturated carbocycles. The lowest BCUT2D eigenvalue weighted by Gasteiger charge is -2.23. The molecule has 0 amide bonds.